The van der Waals surface area contributed by atoms with E-state index in [2.05, 4.69) is 11.8 Å². The Labute approximate surface area is 121 Å². The van der Waals surface area contributed by atoms with Gasteiger partial charge in [-0.25, -0.2) is 12.7 Å². The van der Waals surface area contributed by atoms with Gasteiger partial charge in [-0.2, -0.15) is 0 Å². The van der Waals surface area contributed by atoms with Gasteiger partial charge in [-0.3, -0.25) is 0 Å². The fourth-order valence-electron chi connectivity index (χ4n) is 2.31. The Balaban J connectivity index is 2.38. The Bertz CT molecular complexity index is 594. The number of hydrogen-bond donors (Lipinski definition) is 1. The monoisotopic (exact) mass is 297 g/mol. The average molecular weight is 297 g/mol. The summed E-state index contributed by atoms with van der Waals surface area (Å²) in [6.45, 7) is 2.16. The van der Waals surface area contributed by atoms with Crippen LogP contribution in [0.4, 0.5) is 11.4 Å². The van der Waals surface area contributed by atoms with Gasteiger partial charge < -0.3 is 10.6 Å². The number of nitrogens with zero attached hydrogens (tertiary/aromatic N) is 2. The summed E-state index contributed by atoms with van der Waals surface area (Å²) in [6.07, 6.45) is 2.47. The Morgan fingerprint density at radius 1 is 1.25 bits per heavy atom. The van der Waals surface area contributed by atoms with Crippen molar-refractivity contribution in [1.29, 1.82) is 0 Å². The van der Waals surface area contributed by atoms with Crippen molar-refractivity contribution < 1.29 is 8.42 Å². The molecule has 0 amide bonds. The molecule has 0 bridgehead atoms. The second kappa shape index (κ2) is 5.26. The molecule has 0 saturated heterocycles. The lowest BCUT2D eigenvalue weighted by Gasteiger charge is -2.28. The van der Waals surface area contributed by atoms with Crippen molar-refractivity contribution in [3.63, 3.8) is 0 Å². The fourth-order valence-corrected chi connectivity index (χ4v) is 3.24. The van der Waals surface area contributed by atoms with Crippen LogP contribution in [0.3, 0.4) is 0 Å². The summed E-state index contributed by atoms with van der Waals surface area (Å²) in [5, 5.41) is 0. The third-order valence-electron chi connectivity index (χ3n) is 4.08. The van der Waals surface area contributed by atoms with Gasteiger partial charge in [-0.15, -0.1) is 0 Å². The number of rotatable bonds is 5. The second-order valence-electron chi connectivity index (χ2n) is 5.70. The van der Waals surface area contributed by atoms with E-state index < -0.39 is 10.0 Å². The molecule has 112 valence electrons. The van der Waals surface area contributed by atoms with Crippen molar-refractivity contribution in [3.8, 4) is 0 Å². The highest BCUT2D eigenvalue weighted by Gasteiger charge is 2.31. The molecule has 1 unspecified atom stereocenters. The molecule has 2 rings (SSSR count). The van der Waals surface area contributed by atoms with Crippen LogP contribution >= 0.6 is 0 Å². The number of anilines is 2. The summed E-state index contributed by atoms with van der Waals surface area (Å²) in [7, 11) is 1.60. The average Bonchev–Trinajstić information content (AvgIpc) is 3.21. The van der Waals surface area contributed by atoms with Crippen LogP contribution in [0, 0.1) is 5.92 Å². The lowest BCUT2D eigenvalue weighted by molar-refractivity contribution is 0.520. The minimum absolute atomic E-state index is 0.279. The molecule has 6 heteroatoms. The quantitative estimate of drug-likeness (QED) is 0.841. The topological polar surface area (TPSA) is 66.6 Å². The molecule has 1 saturated carbocycles. The Morgan fingerprint density at radius 3 is 2.35 bits per heavy atom. The molecule has 5 nitrogen and oxygen atoms in total. The van der Waals surface area contributed by atoms with E-state index in [0.717, 1.165) is 5.69 Å². The molecule has 1 aliphatic rings. The zero-order valence-electron chi connectivity index (χ0n) is 12.5. The molecule has 1 fully saturated rings. The third kappa shape index (κ3) is 2.76. The highest BCUT2D eigenvalue weighted by atomic mass is 32.2. The van der Waals surface area contributed by atoms with Gasteiger partial charge in [0.15, 0.2) is 0 Å². The number of sulfonamides is 1. The van der Waals surface area contributed by atoms with Crippen molar-refractivity contribution in [3.05, 3.63) is 18.2 Å². The molecule has 0 heterocycles. The zero-order valence-corrected chi connectivity index (χ0v) is 13.3. The number of benzene rings is 1. The highest BCUT2D eigenvalue weighted by Crippen LogP contribution is 2.38. The molecule has 1 aromatic carbocycles. The van der Waals surface area contributed by atoms with Gasteiger partial charge >= 0.3 is 0 Å². The summed E-state index contributed by atoms with van der Waals surface area (Å²) < 4.78 is 25.6. The molecule has 1 atom stereocenters. The van der Waals surface area contributed by atoms with Crippen molar-refractivity contribution in [2.24, 2.45) is 5.92 Å². The van der Waals surface area contributed by atoms with Gasteiger partial charge in [0.1, 0.15) is 0 Å². The molecule has 0 aromatic heterocycles. The van der Waals surface area contributed by atoms with Gasteiger partial charge in [0.2, 0.25) is 10.0 Å². The van der Waals surface area contributed by atoms with Crippen LogP contribution in [0.2, 0.25) is 0 Å². The second-order valence-corrected chi connectivity index (χ2v) is 7.85. The molecule has 2 N–H and O–H groups in total. The maximum Gasteiger partial charge on any atom is 0.242 e. The first-order valence-corrected chi connectivity index (χ1v) is 8.24. The first kappa shape index (κ1) is 15.1. The Hall–Kier alpha value is -1.27. The smallest absolute Gasteiger partial charge is 0.242 e. The first-order valence-electron chi connectivity index (χ1n) is 6.80. The van der Waals surface area contributed by atoms with E-state index in [9.17, 15) is 8.42 Å². The third-order valence-corrected chi connectivity index (χ3v) is 5.89. The van der Waals surface area contributed by atoms with Crippen molar-refractivity contribution in [2.45, 2.75) is 30.7 Å². The predicted molar refractivity (Wildman–Crippen MR) is 82.3 cm³/mol. The van der Waals surface area contributed by atoms with Crippen LogP contribution in [-0.2, 0) is 10.0 Å². The van der Waals surface area contributed by atoms with Gasteiger partial charge in [-0.05, 0) is 43.9 Å². The van der Waals surface area contributed by atoms with Crippen LogP contribution < -0.4 is 10.6 Å². The van der Waals surface area contributed by atoms with Crippen molar-refractivity contribution in [1.82, 2.24) is 4.31 Å². The standard InChI is InChI=1S/C14H23N3O2S/c1-10(11-5-6-11)17(4)14-9-12(7-8-13(14)15)20(18,19)16(2)3/h7-11H,5-6,15H2,1-4H3. The lowest BCUT2D eigenvalue weighted by Crippen LogP contribution is -2.31. The normalized spacial score (nSPS) is 17.2. The van der Waals surface area contributed by atoms with Crippen LogP contribution in [0.25, 0.3) is 0 Å². The minimum Gasteiger partial charge on any atom is -0.397 e. The summed E-state index contributed by atoms with van der Waals surface area (Å²) in [6, 6.07) is 5.27. The van der Waals surface area contributed by atoms with Crippen LogP contribution in [0.5, 0.6) is 0 Å². The van der Waals surface area contributed by atoms with Crippen LogP contribution in [-0.4, -0.2) is 39.9 Å². The van der Waals surface area contributed by atoms with Crippen LogP contribution in [0.1, 0.15) is 19.8 Å². The van der Waals surface area contributed by atoms with E-state index in [1.807, 2.05) is 7.05 Å². The predicted octanol–water partition coefficient (Wildman–Crippen LogP) is 1.75. The molecule has 0 spiro atoms. The van der Waals surface area contributed by atoms with E-state index in [-0.39, 0.29) is 4.90 Å². The zero-order chi connectivity index (χ0) is 15.1. The molecule has 1 aliphatic carbocycles. The summed E-state index contributed by atoms with van der Waals surface area (Å²) in [4.78, 5) is 2.36. The number of nitrogen functional groups attached to an aromatic ring is 1. The maximum absolute atomic E-state index is 12.2. The van der Waals surface area contributed by atoms with E-state index in [4.69, 9.17) is 5.73 Å². The highest BCUT2D eigenvalue weighted by molar-refractivity contribution is 7.89. The number of hydrogen-bond acceptors (Lipinski definition) is 4. The summed E-state index contributed by atoms with van der Waals surface area (Å²) in [5.74, 6) is 0.688. The van der Waals surface area contributed by atoms with Crippen molar-refractivity contribution >= 4 is 21.4 Å². The molecular formula is C14H23N3O2S. The Morgan fingerprint density at radius 2 is 1.85 bits per heavy atom. The van der Waals surface area contributed by atoms with Gasteiger partial charge in [0.25, 0.3) is 0 Å². The minimum atomic E-state index is -3.43. The summed E-state index contributed by atoms with van der Waals surface area (Å²) in [5.41, 5.74) is 7.41. The maximum atomic E-state index is 12.2. The van der Waals surface area contributed by atoms with Gasteiger partial charge in [0, 0.05) is 27.2 Å². The van der Waals surface area contributed by atoms with E-state index in [1.165, 1.54) is 31.2 Å². The number of nitrogens with two attached hydrogens (primary N) is 1. The van der Waals surface area contributed by atoms with Gasteiger partial charge in [-0.1, -0.05) is 0 Å². The first-order chi connectivity index (χ1) is 9.25. The molecule has 20 heavy (non-hydrogen) atoms. The lowest BCUT2D eigenvalue weighted by atomic mass is 10.1. The largest absolute Gasteiger partial charge is 0.397 e. The molecule has 0 radical (unpaired) electrons. The van der Waals surface area contributed by atoms with E-state index >= 15 is 0 Å². The molecule has 1 aromatic rings. The van der Waals surface area contributed by atoms with Gasteiger partial charge in [0.05, 0.1) is 16.3 Å². The Kier molecular flexibility index (Phi) is 3.97. The van der Waals surface area contributed by atoms with Crippen LogP contribution in [0.15, 0.2) is 23.1 Å². The van der Waals surface area contributed by atoms with Crippen molar-refractivity contribution in [2.75, 3.05) is 31.8 Å². The SMILES string of the molecule is CC(C1CC1)N(C)c1cc(S(=O)(=O)N(C)C)ccc1N. The molecule has 0 aliphatic heterocycles. The molecular weight excluding hydrogens is 274 g/mol. The van der Waals surface area contributed by atoms with E-state index in [0.29, 0.717) is 17.6 Å². The fraction of sp³-hybridized carbons (Fsp3) is 0.571. The summed E-state index contributed by atoms with van der Waals surface area (Å²) >= 11 is 0. The van der Waals surface area contributed by atoms with E-state index in [1.54, 1.807) is 18.2 Å².